The molecule has 7 heteroatoms. The Morgan fingerprint density at radius 2 is 1.75 bits per heavy atom. The molecule has 1 amide bonds. The zero-order chi connectivity index (χ0) is 24.9. The molecule has 1 fully saturated rings. The van der Waals surface area contributed by atoms with Crippen LogP contribution >= 0.6 is 0 Å². The molecule has 6 nitrogen and oxygen atoms in total. The number of hydrogen-bond donors (Lipinski definition) is 0. The van der Waals surface area contributed by atoms with E-state index in [4.69, 9.17) is 14.6 Å². The van der Waals surface area contributed by atoms with Crippen molar-refractivity contribution in [1.82, 2.24) is 14.7 Å². The normalized spacial score (nSPS) is 15.1. The molecule has 4 aromatic rings. The first-order chi connectivity index (χ1) is 17.6. The highest BCUT2D eigenvalue weighted by Gasteiger charge is 2.28. The first kappa shape index (κ1) is 23.8. The summed E-state index contributed by atoms with van der Waals surface area (Å²) in [5.74, 6) is 0.240. The van der Waals surface area contributed by atoms with Gasteiger partial charge in [-0.25, -0.2) is 9.07 Å². The summed E-state index contributed by atoms with van der Waals surface area (Å²) in [6, 6.07) is 25.2. The van der Waals surface area contributed by atoms with E-state index in [2.05, 4.69) is 0 Å². The van der Waals surface area contributed by atoms with E-state index >= 15 is 0 Å². The Bertz CT molecular complexity index is 1320. The summed E-state index contributed by atoms with van der Waals surface area (Å²) in [4.78, 5) is 15.2. The molecule has 0 saturated carbocycles. The van der Waals surface area contributed by atoms with E-state index < -0.39 is 5.82 Å². The maximum absolute atomic E-state index is 14.6. The Balaban J connectivity index is 1.55. The number of aryl methyl sites for hydroxylation is 1. The number of ether oxygens (including phenoxy) is 2. The van der Waals surface area contributed by atoms with Gasteiger partial charge in [-0.15, -0.1) is 0 Å². The lowest BCUT2D eigenvalue weighted by molar-refractivity contribution is 0.0502. The van der Waals surface area contributed by atoms with Crippen LogP contribution in [0, 0.1) is 12.7 Å². The smallest absolute Gasteiger partial charge is 0.257 e. The predicted molar refractivity (Wildman–Crippen MR) is 135 cm³/mol. The van der Waals surface area contributed by atoms with Gasteiger partial charge < -0.3 is 14.4 Å². The maximum atomic E-state index is 14.6. The molecule has 1 aliphatic rings. The van der Waals surface area contributed by atoms with Gasteiger partial charge in [-0.05, 0) is 56.2 Å². The molecule has 0 N–H and O–H groups in total. The van der Waals surface area contributed by atoms with Crippen LogP contribution in [0.25, 0.3) is 5.69 Å². The number of carbonyl (C=O) groups is 1. The Morgan fingerprint density at radius 1 is 1.06 bits per heavy atom. The van der Waals surface area contributed by atoms with Crippen LogP contribution in [-0.2, 0) is 11.3 Å². The van der Waals surface area contributed by atoms with Crippen molar-refractivity contribution in [3.05, 3.63) is 108 Å². The number of aromatic nitrogens is 2. The molecular formula is C29H28FN3O3. The summed E-state index contributed by atoms with van der Waals surface area (Å²) < 4.78 is 28.5. The van der Waals surface area contributed by atoms with Crippen molar-refractivity contribution in [3.8, 4) is 17.3 Å². The third kappa shape index (κ3) is 5.16. The van der Waals surface area contributed by atoms with Gasteiger partial charge in [-0.2, -0.15) is 5.10 Å². The highest BCUT2D eigenvalue weighted by molar-refractivity contribution is 5.94. The average Bonchev–Trinajstić information content (AvgIpc) is 3.53. The van der Waals surface area contributed by atoms with Crippen LogP contribution in [-0.4, -0.2) is 39.8 Å². The average molecular weight is 486 g/mol. The van der Waals surface area contributed by atoms with Crippen molar-refractivity contribution in [3.63, 3.8) is 0 Å². The van der Waals surface area contributed by atoms with Crippen molar-refractivity contribution < 1.29 is 18.7 Å². The molecule has 36 heavy (non-hydrogen) atoms. The fourth-order valence-corrected chi connectivity index (χ4v) is 4.42. The summed E-state index contributed by atoms with van der Waals surface area (Å²) in [5.41, 5.74) is 2.35. The lowest BCUT2D eigenvalue weighted by Gasteiger charge is -2.26. The van der Waals surface area contributed by atoms with Crippen LogP contribution in [0.3, 0.4) is 0 Å². The van der Waals surface area contributed by atoms with Crippen LogP contribution < -0.4 is 4.74 Å². The van der Waals surface area contributed by atoms with Gasteiger partial charge in [-0.1, -0.05) is 48.5 Å². The van der Waals surface area contributed by atoms with Crippen LogP contribution in [0.1, 0.15) is 34.5 Å². The largest absolute Gasteiger partial charge is 0.439 e. The van der Waals surface area contributed by atoms with Crippen molar-refractivity contribution in [2.24, 2.45) is 0 Å². The first-order valence-corrected chi connectivity index (χ1v) is 12.1. The fraction of sp³-hybridized carbons (Fsp3) is 0.241. The second-order valence-corrected chi connectivity index (χ2v) is 8.83. The lowest BCUT2D eigenvalue weighted by atomic mass is 10.1. The molecule has 0 bridgehead atoms. The summed E-state index contributed by atoms with van der Waals surface area (Å²) in [5, 5.41) is 4.76. The van der Waals surface area contributed by atoms with Gasteiger partial charge in [0.15, 0.2) is 0 Å². The fourth-order valence-electron chi connectivity index (χ4n) is 4.42. The molecule has 0 unspecified atom stereocenters. The Morgan fingerprint density at radius 3 is 2.44 bits per heavy atom. The standard InChI is InChI=1S/C29H28FN3O3/c1-21-26(20-32(19-24-15-10-18-35-24)28(34)25-16-8-9-17-27(25)30)29(36-23-13-6-3-7-14-23)33(31-21)22-11-4-2-5-12-22/h2-9,11-14,16-17,24H,10,15,18-20H2,1H3/t24-/m1/s1. The van der Waals surface area contributed by atoms with Crippen LogP contribution in [0.4, 0.5) is 4.39 Å². The molecular weight excluding hydrogens is 457 g/mol. The minimum atomic E-state index is -0.544. The Hall–Kier alpha value is -3.97. The highest BCUT2D eigenvalue weighted by atomic mass is 19.1. The van der Waals surface area contributed by atoms with Gasteiger partial charge in [0.1, 0.15) is 11.6 Å². The van der Waals surface area contributed by atoms with E-state index in [1.54, 1.807) is 21.7 Å². The first-order valence-electron chi connectivity index (χ1n) is 12.1. The number of carbonyl (C=O) groups excluding carboxylic acids is 1. The SMILES string of the molecule is Cc1nn(-c2ccccc2)c(Oc2ccccc2)c1CN(C[C@H]1CCCO1)C(=O)c1ccccc1F. The molecule has 0 spiro atoms. The second kappa shape index (κ2) is 10.7. The monoisotopic (exact) mass is 485 g/mol. The predicted octanol–water partition coefficient (Wildman–Crippen LogP) is 5.93. The molecule has 1 aliphatic heterocycles. The number of amides is 1. The number of hydrogen-bond acceptors (Lipinski definition) is 4. The van der Waals surface area contributed by atoms with Crippen molar-refractivity contribution in [1.29, 1.82) is 0 Å². The van der Waals surface area contributed by atoms with Gasteiger partial charge >= 0.3 is 0 Å². The molecule has 0 radical (unpaired) electrons. The Labute approximate surface area is 209 Å². The zero-order valence-corrected chi connectivity index (χ0v) is 20.1. The number of benzene rings is 3. The number of halogens is 1. The summed E-state index contributed by atoms with van der Waals surface area (Å²) in [7, 11) is 0. The van der Waals surface area contributed by atoms with Crippen molar-refractivity contribution in [2.45, 2.75) is 32.4 Å². The van der Waals surface area contributed by atoms with Crippen LogP contribution in [0.15, 0.2) is 84.9 Å². The highest BCUT2D eigenvalue weighted by Crippen LogP contribution is 2.32. The van der Waals surface area contributed by atoms with E-state index in [0.717, 1.165) is 29.8 Å². The molecule has 1 atom stereocenters. The zero-order valence-electron chi connectivity index (χ0n) is 20.1. The molecule has 0 aliphatic carbocycles. The van der Waals surface area contributed by atoms with Crippen LogP contribution in [0.5, 0.6) is 11.6 Å². The van der Waals surface area contributed by atoms with E-state index in [-0.39, 0.29) is 24.1 Å². The minimum absolute atomic E-state index is 0.0362. The van der Waals surface area contributed by atoms with Gasteiger partial charge in [-0.3, -0.25) is 4.79 Å². The number of para-hydroxylation sites is 2. The van der Waals surface area contributed by atoms with Crippen molar-refractivity contribution in [2.75, 3.05) is 13.2 Å². The topological polar surface area (TPSA) is 56.6 Å². The molecule has 184 valence electrons. The molecule has 1 saturated heterocycles. The third-order valence-corrected chi connectivity index (χ3v) is 6.28. The molecule has 1 aromatic heterocycles. The van der Waals surface area contributed by atoms with Crippen molar-refractivity contribution >= 4 is 5.91 Å². The quantitative estimate of drug-likeness (QED) is 0.310. The molecule has 5 rings (SSSR count). The minimum Gasteiger partial charge on any atom is -0.439 e. The molecule has 2 heterocycles. The third-order valence-electron chi connectivity index (χ3n) is 6.28. The maximum Gasteiger partial charge on any atom is 0.257 e. The van der Waals surface area contributed by atoms with E-state index in [0.29, 0.717) is 24.8 Å². The van der Waals surface area contributed by atoms with E-state index in [9.17, 15) is 9.18 Å². The molecule has 3 aromatic carbocycles. The number of rotatable bonds is 8. The lowest BCUT2D eigenvalue weighted by Crippen LogP contribution is -2.37. The Kier molecular flexibility index (Phi) is 7.09. The van der Waals surface area contributed by atoms with Gasteiger partial charge in [0.2, 0.25) is 5.88 Å². The summed E-state index contributed by atoms with van der Waals surface area (Å²) in [6.45, 7) is 3.12. The van der Waals surface area contributed by atoms with E-state index in [1.165, 1.54) is 12.1 Å². The van der Waals surface area contributed by atoms with Gasteiger partial charge in [0.25, 0.3) is 5.91 Å². The van der Waals surface area contributed by atoms with Gasteiger partial charge in [0.05, 0.1) is 35.2 Å². The summed E-state index contributed by atoms with van der Waals surface area (Å²) >= 11 is 0. The van der Waals surface area contributed by atoms with Gasteiger partial charge in [0, 0.05) is 13.2 Å². The number of nitrogens with zero attached hydrogens (tertiary/aromatic N) is 3. The van der Waals surface area contributed by atoms with E-state index in [1.807, 2.05) is 67.6 Å². The second-order valence-electron chi connectivity index (χ2n) is 8.83. The summed E-state index contributed by atoms with van der Waals surface area (Å²) in [6.07, 6.45) is 1.71. The van der Waals surface area contributed by atoms with Crippen LogP contribution in [0.2, 0.25) is 0 Å².